The van der Waals surface area contributed by atoms with E-state index in [-0.39, 0.29) is 0 Å². The van der Waals surface area contributed by atoms with Crippen LogP contribution in [0, 0.1) is 0 Å². The summed E-state index contributed by atoms with van der Waals surface area (Å²) in [6.45, 7) is 0. The van der Waals surface area contributed by atoms with Crippen molar-refractivity contribution in [2.75, 3.05) is 0 Å². The highest BCUT2D eigenvalue weighted by Gasteiger charge is 2.19. The molecular formula is C37H24N6. The molecule has 4 aromatic carbocycles. The maximum Gasteiger partial charge on any atom is 0.241 e. The van der Waals surface area contributed by atoms with Gasteiger partial charge in [-0.3, -0.25) is 0 Å². The third-order valence-corrected chi connectivity index (χ3v) is 7.61. The summed E-state index contributed by atoms with van der Waals surface area (Å²) in [4.78, 5) is 24.4. The summed E-state index contributed by atoms with van der Waals surface area (Å²) < 4.78 is 1.93. The second kappa shape index (κ2) is 10.4. The first-order valence-electron chi connectivity index (χ1n) is 14.1. The maximum absolute atomic E-state index is 5.00. The Morgan fingerprint density at radius 3 is 1.19 bits per heavy atom. The molecule has 6 heteroatoms. The molecule has 4 heterocycles. The first-order valence-corrected chi connectivity index (χ1v) is 14.1. The van der Waals surface area contributed by atoms with Crippen LogP contribution in [0.4, 0.5) is 0 Å². The van der Waals surface area contributed by atoms with Crippen LogP contribution in [0.15, 0.2) is 146 Å². The van der Waals surface area contributed by atoms with E-state index in [1.807, 2.05) is 53.1 Å². The van der Waals surface area contributed by atoms with Gasteiger partial charge in [-0.25, -0.2) is 19.5 Å². The van der Waals surface area contributed by atoms with Gasteiger partial charge < -0.3 is 0 Å². The molecule has 8 aromatic rings. The SMILES string of the molecule is c1ccc(-c2ccc(-c3nc(-c4ccc(-c5ccccc5)cc4)nc(-n4c5ncccc5c5cccnc54)n3)cc2)cc1. The van der Waals surface area contributed by atoms with Crippen molar-refractivity contribution >= 4 is 22.1 Å². The smallest absolute Gasteiger partial charge is 0.241 e. The minimum absolute atomic E-state index is 0.469. The van der Waals surface area contributed by atoms with Crippen LogP contribution in [-0.2, 0) is 0 Å². The molecular weight excluding hydrogens is 528 g/mol. The Morgan fingerprint density at radius 2 is 0.744 bits per heavy atom. The molecule has 0 saturated heterocycles. The van der Waals surface area contributed by atoms with E-state index in [9.17, 15) is 0 Å². The van der Waals surface area contributed by atoms with E-state index >= 15 is 0 Å². The number of aromatic nitrogens is 6. The Hall–Kier alpha value is -6.01. The number of hydrogen-bond donors (Lipinski definition) is 0. The molecule has 0 atom stereocenters. The van der Waals surface area contributed by atoms with Crippen molar-refractivity contribution in [1.29, 1.82) is 0 Å². The van der Waals surface area contributed by atoms with E-state index in [4.69, 9.17) is 24.9 Å². The first-order chi connectivity index (χ1) is 21.3. The van der Waals surface area contributed by atoms with Crippen molar-refractivity contribution < 1.29 is 0 Å². The summed E-state index contributed by atoms with van der Waals surface area (Å²) >= 11 is 0. The van der Waals surface area contributed by atoms with Crippen LogP contribution in [0.3, 0.4) is 0 Å². The molecule has 202 valence electrons. The molecule has 0 unspecified atom stereocenters. The predicted molar refractivity (Wildman–Crippen MR) is 171 cm³/mol. The van der Waals surface area contributed by atoms with Gasteiger partial charge in [0.1, 0.15) is 11.3 Å². The van der Waals surface area contributed by atoms with E-state index in [0.29, 0.717) is 17.6 Å². The van der Waals surface area contributed by atoms with Crippen LogP contribution in [0.1, 0.15) is 0 Å². The number of hydrogen-bond acceptors (Lipinski definition) is 5. The Balaban J connectivity index is 1.31. The molecule has 0 aliphatic heterocycles. The lowest BCUT2D eigenvalue weighted by atomic mass is 10.0. The van der Waals surface area contributed by atoms with Gasteiger partial charge in [0, 0.05) is 34.3 Å². The molecule has 6 nitrogen and oxygen atoms in total. The number of fused-ring (bicyclic) bond motifs is 3. The Labute approximate surface area is 248 Å². The fraction of sp³-hybridized carbons (Fsp3) is 0. The van der Waals surface area contributed by atoms with Crippen LogP contribution in [0.25, 0.3) is 73.0 Å². The highest BCUT2D eigenvalue weighted by molar-refractivity contribution is 6.06. The molecule has 0 saturated carbocycles. The van der Waals surface area contributed by atoms with Crippen LogP contribution in [-0.4, -0.2) is 29.5 Å². The van der Waals surface area contributed by atoms with E-state index in [1.54, 1.807) is 12.4 Å². The third kappa shape index (κ3) is 4.51. The summed E-state index contributed by atoms with van der Waals surface area (Å²) in [5, 5.41) is 1.99. The van der Waals surface area contributed by atoms with Crippen molar-refractivity contribution in [3.63, 3.8) is 0 Å². The molecule has 0 fully saturated rings. The van der Waals surface area contributed by atoms with Gasteiger partial charge in [0.25, 0.3) is 0 Å². The molecule has 0 bridgehead atoms. The second-order valence-electron chi connectivity index (χ2n) is 10.3. The zero-order valence-corrected chi connectivity index (χ0v) is 23.0. The van der Waals surface area contributed by atoms with Gasteiger partial charge in [-0.2, -0.15) is 9.97 Å². The van der Waals surface area contributed by atoms with Gasteiger partial charge in [-0.05, 0) is 46.5 Å². The van der Waals surface area contributed by atoms with E-state index < -0.39 is 0 Å². The Morgan fingerprint density at radius 1 is 0.349 bits per heavy atom. The quantitative estimate of drug-likeness (QED) is 0.214. The lowest BCUT2D eigenvalue weighted by Gasteiger charge is -2.11. The lowest BCUT2D eigenvalue weighted by molar-refractivity contribution is 0.935. The van der Waals surface area contributed by atoms with Crippen molar-refractivity contribution in [2.45, 2.75) is 0 Å². The zero-order valence-electron chi connectivity index (χ0n) is 23.0. The number of nitrogens with zero attached hydrogens (tertiary/aromatic N) is 6. The molecule has 0 aliphatic rings. The van der Waals surface area contributed by atoms with E-state index in [2.05, 4.69) is 84.9 Å². The molecule has 0 radical (unpaired) electrons. The fourth-order valence-electron chi connectivity index (χ4n) is 5.47. The predicted octanol–water partition coefficient (Wildman–Crippen LogP) is 8.43. The summed E-state index contributed by atoms with van der Waals surface area (Å²) in [7, 11) is 0. The Bertz CT molecular complexity index is 2050. The number of rotatable bonds is 5. The normalized spacial score (nSPS) is 11.3. The topological polar surface area (TPSA) is 69.4 Å². The van der Waals surface area contributed by atoms with Crippen molar-refractivity contribution in [1.82, 2.24) is 29.5 Å². The Kier molecular flexibility index (Phi) is 6.01. The first kappa shape index (κ1) is 24.8. The molecule has 0 amide bonds. The van der Waals surface area contributed by atoms with E-state index in [1.165, 1.54) is 0 Å². The van der Waals surface area contributed by atoms with Gasteiger partial charge in [0.05, 0.1) is 0 Å². The molecule has 8 rings (SSSR count). The number of pyridine rings is 2. The molecule has 0 aliphatic carbocycles. The van der Waals surface area contributed by atoms with Gasteiger partial charge in [-0.15, -0.1) is 0 Å². The maximum atomic E-state index is 5.00. The van der Waals surface area contributed by atoms with Crippen LogP contribution in [0.5, 0.6) is 0 Å². The molecule has 4 aromatic heterocycles. The fourth-order valence-corrected chi connectivity index (χ4v) is 5.47. The van der Waals surface area contributed by atoms with Crippen LogP contribution >= 0.6 is 0 Å². The van der Waals surface area contributed by atoms with Crippen molar-refractivity contribution in [3.05, 3.63) is 146 Å². The van der Waals surface area contributed by atoms with Gasteiger partial charge in [-0.1, -0.05) is 109 Å². The minimum Gasteiger partial charge on any atom is -0.245 e. The number of benzene rings is 4. The molecule has 43 heavy (non-hydrogen) atoms. The van der Waals surface area contributed by atoms with Crippen molar-refractivity contribution in [3.8, 4) is 51.0 Å². The molecule has 0 spiro atoms. The average molecular weight is 553 g/mol. The summed E-state index contributed by atoms with van der Waals surface area (Å²) in [6, 6.07) is 45.3. The van der Waals surface area contributed by atoms with Crippen LogP contribution in [0.2, 0.25) is 0 Å². The van der Waals surface area contributed by atoms with Gasteiger partial charge in [0.2, 0.25) is 5.95 Å². The highest BCUT2D eigenvalue weighted by atomic mass is 15.2. The standard InChI is InChI=1S/C37H24N6/c1-3-9-25(10-4-1)27-15-19-29(20-16-27)33-40-34(30-21-17-28(18-22-30)26-11-5-2-6-12-26)42-37(41-33)43-35-31(13-7-23-38-35)32-14-8-24-39-36(32)43/h1-24H. The largest absolute Gasteiger partial charge is 0.245 e. The third-order valence-electron chi connectivity index (χ3n) is 7.61. The molecule has 0 N–H and O–H groups in total. The van der Waals surface area contributed by atoms with Crippen LogP contribution < -0.4 is 0 Å². The van der Waals surface area contributed by atoms with E-state index in [0.717, 1.165) is 55.4 Å². The summed E-state index contributed by atoms with van der Waals surface area (Å²) in [5.74, 6) is 1.62. The van der Waals surface area contributed by atoms with Crippen molar-refractivity contribution in [2.24, 2.45) is 0 Å². The lowest BCUT2D eigenvalue weighted by Crippen LogP contribution is -2.07. The summed E-state index contributed by atoms with van der Waals surface area (Å²) in [6.07, 6.45) is 3.57. The zero-order chi connectivity index (χ0) is 28.6. The van der Waals surface area contributed by atoms with Gasteiger partial charge in [0.15, 0.2) is 11.6 Å². The minimum atomic E-state index is 0.469. The summed E-state index contributed by atoms with van der Waals surface area (Å²) in [5.41, 5.74) is 7.87. The highest BCUT2D eigenvalue weighted by Crippen LogP contribution is 2.31. The second-order valence-corrected chi connectivity index (χ2v) is 10.3. The monoisotopic (exact) mass is 552 g/mol. The van der Waals surface area contributed by atoms with Gasteiger partial charge >= 0.3 is 0 Å². The average Bonchev–Trinajstić information content (AvgIpc) is 3.43.